The molecule has 1 atom stereocenters. The van der Waals surface area contributed by atoms with Crippen molar-refractivity contribution in [1.29, 1.82) is 0 Å². The molecule has 0 radical (unpaired) electrons. The predicted octanol–water partition coefficient (Wildman–Crippen LogP) is 1.42. The van der Waals surface area contributed by atoms with Gasteiger partial charge in [0.25, 0.3) is 0 Å². The van der Waals surface area contributed by atoms with Crippen molar-refractivity contribution in [2.75, 3.05) is 0 Å². The van der Waals surface area contributed by atoms with Gasteiger partial charge >= 0.3 is 0 Å². The van der Waals surface area contributed by atoms with Gasteiger partial charge in [0.15, 0.2) is 0 Å². The fourth-order valence-electron chi connectivity index (χ4n) is 1.79. The summed E-state index contributed by atoms with van der Waals surface area (Å²) in [5, 5.41) is 3.13. The highest BCUT2D eigenvalue weighted by Crippen LogP contribution is 2.19. The van der Waals surface area contributed by atoms with Gasteiger partial charge in [0.1, 0.15) is 5.82 Å². The van der Waals surface area contributed by atoms with E-state index in [9.17, 15) is 0 Å². The fraction of sp³-hybridized carbons (Fsp3) is 0.455. The van der Waals surface area contributed by atoms with Gasteiger partial charge in [-0.15, -0.1) is 11.3 Å². The molecule has 3 N–H and O–H groups in total. The number of thiazole rings is 1. The van der Waals surface area contributed by atoms with Crippen molar-refractivity contribution in [3.8, 4) is 0 Å². The summed E-state index contributed by atoms with van der Waals surface area (Å²) in [6, 6.07) is 0.00972. The minimum Gasteiger partial charge on any atom is -0.334 e. The molecule has 2 heterocycles. The number of imidazole rings is 1. The zero-order chi connectivity index (χ0) is 12.3. The van der Waals surface area contributed by atoms with Crippen molar-refractivity contribution < 1.29 is 0 Å². The van der Waals surface area contributed by atoms with Crippen molar-refractivity contribution in [3.05, 3.63) is 34.3 Å². The maximum Gasteiger partial charge on any atom is 0.127 e. The lowest BCUT2D eigenvalue weighted by Crippen LogP contribution is -2.31. The van der Waals surface area contributed by atoms with E-state index in [0.29, 0.717) is 0 Å². The number of aromatic nitrogens is 3. The Kier molecular flexibility index (Phi) is 3.88. The summed E-state index contributed by atoms with van der Waals surface area (Å²) in [5.74, 6) is 6.58. The number of hydrogen-bond acceptors (Lipinski definition) is 5. The first-order chi connectivity index (χ1) is 8.24. The van der Waals surface area contributed by atoms with Crippen LogP contribution in [0.3, 0.4) is 0 Å². The maximum atomic E-state index is 5.62. The number of nitrogens with one attached hydrogen (secondary N) is 1. The highest BCUT2D eigenvalue weighted by atomic mass is 32.1. The van der Waals surface area contributed by atoms with Crippen LogP contribution in [0.15, 0.2) is 17.8 Å². The summed E-state index contributed by atoms with van der Waals surface area (Å²) < 4.78 is 2.09. The molecule has 6 heteroatoms. The van der Waals surface area contributed by atoms with Gasteiger partial charge in [-0.1, -0.05) is 0 Å². The molecule has 0 saturated heterocycles. The third kappa shape index (κ3) is 2.71. The van der Waals surface area contributed by atoms with Crippen molar-refractivity contribution >= 4 is 11.3 Å². The Morgan fingerprint density at radius 2 is 2.41 bits per heavy atom. The van der Waals surface area contributed by atoms with Crippen LogP contribution in [-0.4, -0.2) is 14.5 Å². The molecule has 0 amide bonds. The first-order valence-electron chi connectivity index (χ1n) is 5.62. The Morgan fingerprint density at radius 1 is 1.59 bits per heavy atom. The van der Waals surface area contributed by atoms with Gasteiger partial charge in [-0.05, 0) is 13.8 Å². The van der Waals surface area contributed by atoms with Crippen molar-refractivity contribution in [2.45, 2.75) is 32.9 Å². The van der Waals surface area contributed by atoms with Gasteiger partial charge < -0.3 is 4.57 Å². The molecule has 0 aliphatic heterocycles. The first-order valence-corrected chi connectivity index (χ1v) is 6.50. The molecule has 0 aromatic carbocycles. The van der Waals surface area contributed by atoms with E-state index in [4.69, 9.17) is 5.84 Å². The van der Waals surface area contributed by atoms with Crippen LogP contribution in [0.25, 0.3) is 0 Å². The molecule has 0 aliphatic carbocycles. The molecule has 17 heavy (non-hydrogen) atoms. The van der Waals surface area contributed by atoms with Gasteiger partial charge in [-0.3, -0.25) is 5.84 Å². The van der Waals surface area contributed by atoms with Crippen LogP contribution in [0.4, 0.5) is 0 Å². The lowest BCUT2D eigenvalue weighted by molar-refractivity contribution is 0.495. The summed E-state index contributed by atoms with van der Waals surface area (Å²) in [4.78, 5) is 8.81. The summed E-state index contributed by atoms with van der Waals surface area (Å²) in [5.41, 5.74) is 3.88. The molecular weight excluding hydrogens is 234 g/mol. The van der Waals surface area contributed by atoms with Gasteiger partial charge in [0.2, 0.25) is 0 Å². The first kappa shape index (κ1) is 12.2. The van der Waals surface area contributed by atoms with E-state index in [1.54, 1.807) is 17.5 Å². The van der Waals surface area contributed by atoms with Gasteiger partial charge in [-0.25, -0.2) is 15.4 Å². The van der Waals surface area contributed by atoms with Crippen LogP contribution in [0.5, 0.6) is 0 Å². The van der Waals surface area contributed by atoms with Crippen molar-refractivity contribution in [2.24, 2.45) is 5.84 Å². The van der Waals surface area contributed by atoms with E-state index < -0.39 is 0 Å². The summed E-state index contributed by atoms with van der Waals surface area (Å²) in [7, 11) is 0. The third-order valence-electron chi connectivity index (χ3n) is 2.65. The second kappa shape index (κ2) is 5.39. The van der Waals surface area contributed by atoms with E-state index in [0.717, 1.165) is 29.5 Å². The Morgan fingerprint density at radius 3 is 3.00 bits per heavy atom. The SMILES string of the molecule is CCn1ccnc1C(Cc1nc(C)cs1)NN. The van der Waals surface area contributed by atoms with Crippen molar-refractivity contribution in [1.82, 2.24) is 20.0 Å². The molecule has 0 bridgehead atoms. The Bertz CT molecular complexity index is 476. The third-order valence-corrected chi connectivity index (χ3v) is 3.64. The van der Waals surface area contributed by atoms with Crippen LogP contribution in [0.2, 0.25) is 0 Å². The van der Waals surface area contributed by atoms with E-state index in [2.05, 4.69) is 32.3 Å². The predicted molar refractivity (Wildman–Crippen MR) is 68.5 cm³/mol. The van der Waals surface area contributed by atoms with E-state index in [-0.39, 0.29) is 6.04 Å². The van der Waals surface area contributed by atoms with E-state index in [1.807, 2.05) is 13.1 Å². The number of nitrogens with zero attached hydrogens (tertiary/aromatic N) is 3. The van der Waals surface area contributed by atoms with Crippen LogP contribution < -0.4 is 11.3 Å². The number of hydrogen-bond donors (Lipinski definition) is 2. The highest BCUT2D eigenvalue weighted by molar-refractivity contribution is 7.09. The second-order valence-corrected chi connectivity index (χ2v) is 4.82. The molecule has 2 rings (SSSR count). The molecule has 0 aliphatic rings. The molecule has 0 saturated carbocycles. The van der Waals surface area contributed by atoms with Crippen LogP contribution in [-0.2, 0) is 13.0 Å². The van der Waals surface area contributed by atoms with Crippen LogP contribution in [0.1, 0.15) is 29.5 Å². The monoisotopic (exact) mass is 251 g/mol. The Labute approximate surface area is 105 Å². The second-order valence-electron chi connectivity index (χ2n) is 3.88. The molecule has 0 spiro atoms. The minimum atomic E-state index is 0.00972. The molecule has 5 nitrogen and oxygen atoms in total. The smallest absolute Gasteiger partial charge is 0.127 e. The zero-order valence-corrected chi connectivity index (χ0v) is 10.9. The highest BCUT2D eigenvalue weighted by Gasteiger charge is 2.17. The quantitative estimate of drug-likeness (QED) is 0.623. The lowest BCUT2D eigenvalue weighted by atomic mass is 10.2. The van der Waals surface area contributed by atoms with Gasteiger partial charge in [0.05, 0.1) is 11.0 Å². The topological polar surface area (TPSA) is 68.8 Å². The number of aryl methyl sites for hydroxylation is 2. The van der Waals surface area contributed by atoms with E-state index >= 15 is 0 Å². The number of rotatable bonds is 5. The molecule has 2 aromatic rings. The molecule has 92 valence electrons. The standard InChI is InChI=1S/C11H17N5S/c1-3-16-5-4-13-11(16)9(15-12)6-10-14-8(2)7-17-10/h4-5,7,9,15H,3,6,12H2,1-2H3. The average Bonchev–Trinajstić information content (AvgIpc) is 2.94. The van der Waals surface area contributed by atoms with E-state index in [1.165, 1.54) is 0 Å². The Hall–Kier alpha value is -1.24. The molecule has 1 unspecified atom stereocenters. The minimum absolute atomic E-state index is 0.00972. The average molecular weight is 251 g/mol. The molecule has 2 aromatic heterocycles. The van der Waals surface area contributed by atoms with Crippen LogP contribution >= 0.6 is 11.3 Å². The van der Waals surface area contributed by atoms with Gasteiger partial charge in [0, 0.05) is 36.4 Å². The van der Waals surface area contributed by atoms with Gasteiger partial charge in [-0.2, -0.15) is 0 Å². The summed E-state index contributed by atoms with van der Waals surface area (Å²) >= 11 is 1.66. The molecule has 0 fully saturated rings. The largest absolute Gasteiger partial charge is 0.334 e. The fourth-order valence-corrected chi connectivity index (χ4v) is 2.61. The normalized spacial score (nSPS) is 12.9. The zero-order valence-electron chi connectivity index (χ0n) is 10.1. The maximum absolute atomic E-state index is 5.62. The van der Waals surface area contributed by atoms with Crippen LogP contribution in [0, 0.1) is 6.92 Å². The number of nitrogens with two attached hydrogens (primary N) is 1. The summed E-state index contributed by atoms with van der Waals surface area (Å²) in [6.45, 7) is 4.98. The summed E-state index contributed by atoms with van der Waals surface area (Å²) in [6.07, 6.45) is 4.54. The molecular formula is C11H17N5S. The Balaban J connectivity index is 2.16. The number of hydrazine groups is 1. The van der Waals surface area contributed by atoms with Crippen molar-refractivity contribution in [3.63, 3.8) is 0 Å². The lowest BCUT2D eigenvalue weighted by Gasteiger charge is -2.15.